The number of nitrogens with two attached hydrogens (primary N) is 1. The normalized spacial score (nSPS) is 16.4. The monoisotopic (exact) mass is 231 g/mol. The number of rotatable bonds is 5. The Kier molecular flexibility index (Phi) is 5.28. The van der Waals surface area contributed by atoms with Crippen LogP contribution in [0.25, 0.3) is 0 Å². The van der Waals surface area contributed by atoms with E-state index >= 15 is 0 Å². The van der Waals surface area contributed by atoms with Crippen molar-refractivity contribution < 1.29 is 23.1 Å². The number of hydrogen-bond acceptors (Lipinski definition) is 3. The third-order valence-corrected chi connectivity index (χ3v) is 2.69. The molecule has 3 N–H and O–H groups in total. The number of halogens is 3. The fraction of sp³-hybridized carbons (Fsp3) is 0.857. The third kappa shape index (κ3) is 5.33. The zero-order chi connectivity index (χ0) is 11.4. The first kappa shape index (κ1) is 13.6. The SMILES string of the molecule is CC(N)CSCC(C(=O)O)C(F)(F)F. The molecule has 0 rings (SSSR count). The Morgan fingerprint density at radius 2 is 2.00 bits per heavy atom. The minimum Gasteiger partial charge on any atom is -0.481 e. The molecule has 0 aliphatic carbocycles. The first-order valence-electron chi connectivity index (χ1n) is 3.88. The number of alkyl halides is 3. The number of carboxylic acids is 1. The molecule has 0 radical (unpaired) electrons. The number of aliphatic carboxylic acids is 1. The van der Waals surface area contributed by atoms with Gasteiger partial charge in [0.25, 0.3) is 0 Å². The predicted octanol–water partition coefficient (Wildman–Crippen LogP) is 1.33. The summed E-state index contributed by atoms with van der Waals surface area (Å²) in [5, 5.41) is 8.31. The maximum Gasteiger partial charge on any atom is 0.403 e. The summed E-state index contributed by atoms with van der Waals surface area (Å²) < 4.78 is 36.2. The van der Waals surface area contributed by atoms with Crippen LogP contribution in [0.2, 0.25) is 0 Å². The topological polar surface area (TPSA) is 63.3 Å². The van der Waals surface area contributed by atoms with Gasteiger partial charge in [-0.3, -0.25) is 4.79 Å². The molecule has 0 aromatic carbocycles. The molecule has 0 saturated heterocycles. The van der Waals surface area contributed by atoms with E-state index in [1.807, 2.05) is 0 Å². The van der Waals surface area contributed by atoms with Crippen LogP contribution in [-0.4, -0.2) is 34.8 Å². The van der Waals surface area contributed by atoms with Crippen molar-refractivity contribution in [3.05, 3.63) is 0 Å². The molecule has 0 aliphatic heterocycles. The molecule has 0 spiro atoms. The van der Waals surface area contributed by atoms with Crippen LogP contribution in [0.4, 0.5) is 13.2 Å². The molecule has 0 aromatic rings. The van der Waals surface area contributed by atoms with Gasteiger partial charge in [0, 0.05) is 17.5 Å². The van der Waals surface area contributed by atoms with Gasteiger partial charge in [-0.1, -0.05) is 0 Å². The molecule has 84 valence electrons. The quantitative estimate of drug-likeness (QED) is 0.749. The zero-order valence-corrected chi connectivity index (χ0v) is 8.36. The Labute approximate surface area is 83.8 Å². The van der Waals surface area contributed by atoms with Crippen molar-refractivity contribution in [3.63, 3.8) is 0 Å². The second-order valence-electron chi connectivity index (χ2n) is 2.95. The first-order valence-corrected chi connectivity index (χ1v) is 5.03. The Hall–Kier alpha value is -0.430. The van der Waals surface area contributed by atoms with Gasteiger partial charge in [0.15, 0.2) is 5.92 Å². The summed E-state index contributed by atoms with van der Waals surface area (Å²) >= 11 is 0.899. The molecular formula is C7H12F3NO2S. The predicted molar refractivity (Wildman–Crippen MR) is 48.2 cm³/mol. The molecule has 0 fully saturated rings. The number of carbonyl (C=O) groups is 1. The van der Waals surface area contributed by atoms with Crippen molar-refractivity contribution in [3.8, 4) is 0 Å². The lowest BCUT2D eigenvalue weighted by Crippen LogP contribution is -2.33. The molecule has 2 atom stereocenters. The van der Waals surface area contributed by atoms with E-state index in [1.165, 1.54) is 0 Å². The summed E-state index contributed by atoms with van der Waals surface area (Å²) in [7, 11) is 0. The van der Waals surface area contributed by atoms with Crippen LogP contribution in [0, 0.1) is 5.92 Å². The van der Waals surface area contributed by atoms with Crippen molar-refractivity contribution in [2.24, 2.45) is 11.7 Å². The van der Waals surface area contributed by atoms with Gasteiger partial charge in [-0.2, -0.15) is 24.9 Å². The second kappa shape index (κ2) is 5.45. The molecular weight excluding hydrogens is 219 g/mol. The summed E-state index contributed by atoms with van der Waals surface area (Å²) in [6, 6.07) is -0.234. The van der Waals surface area contributed by atoms with E-state index in [2.05, 4.69) is 0 Å². The van der Waals surface area contributed by atoms with Crippen LogP contribution >= 0.6 is 11.8 Å². The molecule has 0 heterocycles. The number of hydrogen-bond donors (Lipinski definition) is 2. The van der Waals surface area contributed by atoms with Crippen molar-refractivity contribution in [2.45, 2.75) is 19.1 Å². The van der Waals surface area contributed by atoms with Crippen LogP contribution in [0.5, 0.6) is 0 Å². The van der Waals surface area contributed by atoms with Crippen LogP contribution < -0.4 is 5.73 Å². The van der Waals surface area contributed by atoms with E-state index in [1.54, 1.807) is 6.92 Å². The molecule has 3 nitrogen and oxygen atoms in total. The largest absolute Gasteiger partial charge is 0.481 e. The molecule has 2 unspecified atom stereocenters. The Balaban J connectivity index is 4.07. The van der Waals surface area contributed by atoms with Gasteiger partial charge < -0.3 is 10.8 Å². The zero-order valence-electron chi connectivity index (χ0n) is 7.54. The van der Waals surface area contributed by atoms with E-state index < -0.39 is 23.8 Å². The van der Waals surface area contributed by atoms with Crippen LogP contribution in [0.15, 0.2) is 0 Å². The van der Waals surface area contributed by atoms with E-state index in [0.717, 1.165) is 11.8 Å². The van der Waals surface area contributed by atoms with Crippen molar-refractivity contribution >= 4 is 17.7 Å². The Morgan fingerprint density at radius 1 is 1.50 bits per heavy atom. The lowest BCUT2D eigenvalue weighted by molar-refractivity contribution is -0.188. The second-order valence-corrected chi connectivity index (χ2v) is 4.02. The average Bonchev–Trinajstić information content (AvgIpc) is 1.94. The first-order chi connectivity index (χ1) is 6.25. The van der Waals surface area contributed by atoms with Crippen LogP contribution in [-0.2, 0) is 4.79 Å². The highest BCUT2D eigenvalue weighted by Gasteiger charge is 2.44. The maximum atomic E-state index is 12.1. The lowest BCUT2D eigenvalue weighted by atomic mass is 10.2. The highest BCUT2D eigenvalue weighted by Crippen LogP contribution is 2.29. The van der Waals surface area contributed by atoms with Crippen LogP contribution in [0.1, 0.15) is 6.92 Å². The smallest absolute Gasteiger partial charge is 0.403 e. The summed E-state index contributed by atoms with van der Waals surface area (Å²) in [5.74, 6) is -4.30. The summed E-state index contributed by atoms with van der Waals surface area (Å²) in [4.78, 5) is 10.3. The highest BCUT2D eigenvalue weighted by molar-refractivity contribution is 7.99. The van der Waals surface area contributed by atoms with E-state index in [0.29, 0.717) is 5.75 Å². The molecule has 0 saturated carbocycles. The fourth-order valence-corrected chi connectivity index (χ4v) is 1.75. The molecule has 0 bridgehead atoms. The Bertz CT molecular complexity index is 196. The van der Waals surface area contributed by atoms with E-state index in [4.69, 9.17) is 10.8 Å². The number of carboxylic acid groups (broad SMARTS) is 1. The summed E-state index contributed by atoms with van der Waals surface area (Å²) in [5.41, 5.74) is 5.31. The van der Waals surface area contributed by atoms with E-state index in [9.17, 15) is 18.0 Å². The van der Waals surface area contributed by atoms with Crippen LogP contribution in [0.3, 0.4) is 0 Å². The van der Waals surface area contributed by atoms with Gasteiger partial charge in [-0.05, 0) is 6.92 Å². The molecule has 0 aliphatic rings. The highest BCUT2D eigenvalue weighted by atomic mass is 32.2. The van der Waals surface area contributed by atoms with Gasteiger partial charge in [0.1, 0.15) is 0 Å². The standard InChI is InChI=1S/C7H12F3NO2S/c1-4(11)2-14-3-5(6(12)13)7(8,9)10/h4-5H,2-3,11H2,1H3,(H,12,13). The summed E-state index contributed by atoms with van der Waals surface area (Å²) in [6.07, 6.45) is -4.68. The lowest BCUT2D eigenvalue weighted by Gasteiger charge is -2.15. The molecule has 7 heteroatoms. The fourth-order valence-electron chi connectivity index (χ4n) is 0.678. The third-order valence-electron chi connectivity index (χ3n) is 1.36. The maximum absolute atomic E-state index is 12.1. The minimum absolute atomic E-state index is 0.234. The van der Waals surface area contributed by atoms with Gasteiger partial charge in [-0.25, -0.2) is 0 Å². The number of thioether (sulfide) groups is 1. The van der Waals surface area contributed by atoms with Crippen molar-refractivity contribution in [1.82, 2.24) is 0 Å². The molecule has 0 amide bonds. The van der Waals surface area contributed by atoms with Gasteiger partial charge in [-0.15, -0.1) is 0 Å². The van der Waals surface area contributed by atoms with Crippen molar-refractivity contribution in [1.29, 1.82) is 0 Å². The minimum atomic E-state index is -4.68. The van der Waals surface area contributed by atoms with Gasteiger partial charge in [0.2, 0.25) is 0 Å². The van der Waals surface area contributed by atoms with Gasteiger partial charge in [0.05, 0.1) is 0 Å². The molecule has 14 heavy (non-hydrogen) atoms. The van der Waals surface area contributed by atoms with Crippen molar-refractivity contribution in [2.75, 3.05) is 11.5 Å². The average molecular weight is 231 g/mol. The summed E-state index contributed by atoms with van der Waals surface area (Å²) in [6.45, 7) is 1.65. The van der Waals surface area contributed by atoms with E-state index in [-0.39, 0.29) is 6.04 Å². The van der Waals surface area contributed by atoms with Gasteiger partial charge >= 0.3 is 12.1 Å². The molecule has 0 aromatic heterocycles. The Morgan fingerprint density at radius 3 is 2.29 bits per heavy atom.